The number of carbonyl (C=O) groups is 1. The highest BCUT2D eigenvalue weighted by molar-refractivity contribution is 5.95. The Morgan fingerprint density at radius 2 is 2.33 bits per heavy atom. The number of pyridine rings is 1. The summed E-state index contributed by atoms with van der Waals surface area (Å²) in [4.78, 5) is 15.9. The van der Waals surface area contributed by atoms with Crippen LogP contribution in [-0.4, -0.2) is 37.3 Å². The predicted octanol–water partition coefficient (Wildman–Crippen LogP) is 2.07. The van der Waals surface area contributed by atoms with Crippen molar-refractivity contribution in [2.24, 2.45) is 5.92 Å². The summed E-state index contributed by atoms with van der Waals surface area (Å²) in [5, 5.41) is 3.16. The number of rotatable bonds is 9. The Morgan fingerprint density at radius 1 is 1.52 bits per heavy atom. The number of carbonyl (C=O) groups excluding carboxylic acids is 1. The smallest absolute Gasteiger partial charge is 0.340 e. The van der Waals surface area contributed by atoms with Gasteiger partial charge in [0.25, 0.3) is 0 Å². The SMILES string of the molecule is CCOC(=O)c1cc(NCCCOCC2CC2)ncc1N. The van der Waals surface area contributed by atoms with Crippen LogP contribution in [-0.2, 0) is 9.47 Å². The molecule has 0 amide bonds. The van der Waals surface area contributed by atoms with E-state index in [9.17, 15) is 4.79 Å². The van der Waals surface area contributed by atoms with Crippen molar-refractivity contribution < 1.29 is 14.3 Å². The molecule has 0 saturated heterocycles. The van der Waals surface area contributed by atoms with Gasteiger partial charge in [0, 0.05) is 19.8 Å². The third-order valence-electron chi connectivity index (χ3n) is 3.25. The maximum absolute atomic E-state index is 11.7. The number of hydrogen-bond acceptors (Lipinski definition) is 6. The molecule has 0 spiro atoms. The zero-order valence-electron chi connectivity index (χ0n) is 12.4. The van der Waals surface area contributed by atoms with Gasteiger partial charge in [-0.25, -0.2) is 9.78 Å². The van der Waals surface area contributed by atoms with E-state index in [4.69, 9.17) is 15.2 Å². The highest BCUT2D eigenvalue weighted by atomic mass is 16.5. The van der Waals surface area contributed by atoms with Gasteiger partial charge in [-0.05, 0) is 38.2 Å². The number of aromatic nitrogens is 1. The molecule has 0 aliphatic heterocycles. The van der Waals surface area contributed by atoms with E-state index in [0.717, 1.165) is 32.1 Å². The topological polar surface area (TPSA) is 86.5 Å². The number of ether oxygens (including phenoxy) is 2. The third-order valence-corrected chi connectivity index (χ3v) is 3.25. The summed E-state index contributed by atoms with van der Waals surface area (Å²) < 4.78 is 10.5. The molecule has 1 fully saturated rings. The molecule has 0 aromatic carbocycles. The first-order valence-corrected chi connectivity index (χ1v) is 7.45. The summed E-state index contributed by atoms with van der Waals surface area (Å²) >= 11 is 0. The first-order chi connectivity index (χ1) is 10.2. The fraction of sp³-hybridized carbons (Fsp3) is 0.600. The van der Waals surface area contributed by atoms with Crippen LogP contribution in [0.15, 0.2) is 12.3 Å². The Hall–Kier alpha value is -1.82. The Balaban J connectivity index is 1.74. The van der Waals surface area contributed by atoms with Crippen LogP contribution in [0.2, 0.25) is 0 Å². The molecule has 1 heterocycles. The van der Waals surface area contributed by atoms with Crippen LogP contribution in [0.4, 0.5) is 11.5 Å². The van der Waals surface area contributed by atoms with E-state index in [0.29, 0.717) is 23.7 Å². The first-order valence-electron chi connectivity index (χ1n) is 7.45. The quantitative estimate of drug-likeness (QED) is 0.535. The largest absolute Gasteiger partial charge is 0.462 e. The fourth-order valence-corrected chi connectivity index (χ4v) is 1.87. The molecule has 6 heteroatoms. The summed E-state index contributed by atoms with van der Waals surface area (Å²) in [7, 11) is 0. The van der Waals surface area contributed by atoms with Crippen LogP contribution in [0.3, 0.4) is 0 Å². The van der Waals surface area contributed by atoms with Gasteiger partial charge >= 0.3 is 5.97 Å². The molecule has 0 atom stereocenters. The lowest BCUT2D eigenvalue weighted by Crippen LogP contribution is -2.12. The van der Waals surface area contributed by atoms with Gasteiger partial charge in [0.2, 0.25) is 0 Å². The van der Waals surface area contributed by atoms with Crippen LogP contribution in [0.1, 0.15) is 36.5 Å². The van der Waals surface area contributed by atoms with E-state index in [2.05, 4.69) is 10.3 Å². The molecule has 0 radical (unpaired) electrons. The van der Waals surface area contributed by atoms with Crippen molar-refractivity contribution in [2.45, 2.75) is 26.2 Å². The lowest BCUT2D eigenvalue weighted by atomic mass is 10.2. The second-order valence-corrected chi connectivity index (χ2v) is 5.18. The average Bonchev–Trinajstić information content (AvgIpc) is 3.28. The molecule has 1 aliphatic rings. The second-order valence-electron chi connectivity index (χ2n) is 5.18. The number of esters is 1. The summed E-state index contributed by atoms with van der Waals surface area (Å²) in [6.07, 6.45) is 4.99. The number of hydrogen-bond donors (Lipinski definition) is 2. The molecule has 1 saturated carbocycles. The molecule has 3 N–H and O–H groups in total. The lowest BCUT2D eigenvalue weighted by Gasteiger charge is -2.09. The minimum Gasteiger partial charge on any atom is -0.462 e. The lowest BCUT2D eigenvalue weighted by molar-refractivity contribution is 0.0527. The zero-order valence-corrected chi connectivity index (χ0v) is 12.4. The van der Waals surface area contributed by atoms with Crippen molar-refractivity contribution >= 4 is 17.5 Å². The van der Waals surface area contributed by atoms with Crippen LogP contribution in [0.25, 0.3) is 0 Å². The number of nitrogens with zero attached hydrogens (tertiary/aromatic N) is 1. The number of anilines is 2. The van der Waals surface area contributed by atoms with E-state index in [1.807, 2.05) is 0 Å². The minimum atomic E-state index is -0.423. The van der Waals surface area contributed by atoms with Crippen LogP contribution < -0.4 is 11.1 Å². The van der Waals surface area contributed by atoms with Crippen molar-refractivity contribution in [2.75, 3.05) is 37.4 Å². The summed E-state index contributed by atoms with van der Waals surface area (Å²) in [6, 6.07) is 1.62. The number of nitrogens with two attached hydrogens (primary N) is 1. The van der Waals surface area contributed by atoms with Gasteiger partial charge in [0.1, 0.15) is 5.82 Å². The van der Waals surface area contributed by atoms with Crippen molar-refractivity contribution in [3.63, 3.8) is 0 Å². The summed E-state index contributed by atoms with van der Waals surface area (Å²) in [5.41, 5.74) is 6.41. The Labute approximate surface area is 125 Å². The van der Waals surface area contributed by atoms with Crippen molar-refractivity contribution in [3.8, 4) is 0 Å². The van der Waals surface area contributed by atoms with Gasteiger partial charge in [-0.15, -0.1) is 0 Å². The van der Waals surface area contributed by atoms with E-state index >= 15 is 0 Å². The predicted molar refractivity (Wildman–Crippen MR) is 81.3 cm³/mol. The van der Waals surface area contributed by atoms with E-state index < -0.39 is 5.97 Å². The fourth-order valence-electron chi connectivity index (χ4n) is 1.87. The molecular formula is C15H23N3O3. The summed E-state index contributed by atoms with van der Waals surface area (Å²) in [5.74, 6) is 0.992. The highest BCUT2D eigenvalue weighted by Crippen LogP contribution is 2.28. The Bertz CT molecular complexity index is 475. The van der Waals surface area contributed by atoms with E-state index in [1.165, 1.54) is 19.0 Å². The van der Waals surface area contributed by atoms with Gasteiger partial charge in [0.15, 0.2) is 0 Å². The second kappa shape index (κ2) is 7.83. The van der Waals surface area contributed by atoms with Gasteiger partial charge in [-0.3, -0.25) is 0 Å². The molecular weight excluding hydrogens is 270 g/mol. The summed E-state index contributed by atoms with van der Waals surface area (Å²) in [6.45, 7) is 4.44. The normalized spacial score (nSPS) is 14.0. The van der Waals surface area contributed by atoms with Crippen molar-refractivity contribution in [1.29, 1.82) is 0 Å². The maximum Gasteiger partial charge on any atom is 0.340 e. The maximum atomic E-state index is 11.7. The Kier molecular flexibility index (Phi) is 5.80. The van der Waals surface area contributed by atoms with Crippen LogP contribution >= 0.6 is 0 Å². The molecule has 0 bridgehead atoms. The first kappa shape index (κ1) is 15.6. The highest BCUT2D eigenvalue weighted by Gasteiger charge is 2.20. The number of nitrogen functional groups attached to an aromatic ring is 1. The third kappa shape index (κ3) is 5.23. The molecule has 6 nitrogen and oxygen atoms in total. The minimum absolute atomic E-state index is 0.321. The molecule has 0 unspecified atom stereocenters. The van der Waals surface area contributed by atoms with Crippen molar-refractivity contribution in [1.82, 2.24) is 4.98 Å². The average molecular weight is 293 g/mol. The molecule has 21 heavy (non-hydrogen) atoms. The van der Waals surface area contributed by atoms with Gasteiger partial charge < -0.3 is 20.5 Å². The van der Waals surface area contributed by atoms with Gasteiger partial charge in [-0.2, -0.15) is 0 Å². The van der Waals surface area contributed by atoms with Crippen molar-refractivity contribution in [3.05, 3.63) is 17.8 Å². The van der Waals surface area contributed by atoms with Gasteiger partial charge in [-0.1, -0.05) is 0 Å². The monoisotopic (exact) mass is 293 g/mol. The Morgan fingerprint density at radius 3 is 3.05 bits per heavy atom. The standard InChI is InChI=1S/C15H23N3O3/c1-2-21-15(19)12-8-14(18-9-13(12)16)17-6-3-7-20-10-11-4-5-11/h8-9,11H,2-7,10,16H2,1H3,(H,17,18). The zero-order chi connectivity index (χ0) is 15.1. The molecule has 1 aromatic heterocycles. The van der Waals surface area contributed by atoms with Crippen LogP contribution in [0, 0.1) is 5.92 Å². The molecule has 1 aliphatic carbocycles. The molecule has 1 aromatic rings. The van der Waals surface area contributed by atoms with Crippen LogP contribution in [0.5, 0.6) is 0 Å². The van der Waals surface area contributed by atoms with E-state index in [1.54, 1.807) is 13.0 Å². The van der Waals surface area contributed by atoms with E-state index in [-0.39, 0.29) is 0 Å². The molecule has 2 rings (SSSR count). The number of nitrogens with one attached hydrogen (secondary N) is 1. The van der Waals surface area contributed by atoms with Gasteiger partial charge in [0.05, 0.1) is 24.1 Å². The molecule has 116 valence electrons.